The summed E-state index contributed by atoms with van der Waals surface area (Å²) in [6.07, 6.45) is 3.98. The molecule has 1 amide bonds. The van der Waals surface area contributed by atoms with Crippen LogP contribution >= 0.6 is 0 Å². The number of rotatable bonds is 5. The highest BCUT2D eigenvalue weighted by Crippen LogP contribution is 2.53. The third kappa shape index (κ3) is 3.23. The van der Waals surface area contributed by atoms with E-state index in [1.54, 1.807) is 18.0 Å². The zero-order valence-corrected chi connectivity index (χ0v) is 16.8. The van der Waals surface area contributed by atoms with Crippen molar-refractivity contribution in [2.45, 2.75) is 49.7 Å². The van der Waals surface area contributed by atoms with Crippen molar-refractivity contribution in [2.24, 2.45) is 0 Å². The van der Waals surface area contributed by atoms with Crippen LogP contribution in [0.1, 0.15) is 54.8 Å². The van der Waals surface area contributed by atoms with Gasteiger partial charge in [0.1, 0.15) is 0 Å². The molecular weight excluding hydrogens is 362 g/mol. The van der Waals surface area contributed by atoms with Crippen LogP contribution in [0.4, 0.5) is 5.69 Å². The van der Waals surface area contributed by atoms with Gasteiger partial charge in [-0.2, -0.15) is 5.26 Å². The average Bonchev–Trinajstić information content (AvgIpc) is 2.98. The summed E-state index contributed by atoms with van der Waals surface area (Å²) >= 11 is 0. The van der Waals surface area contributed by atoms with Gasteiger partial charge >= 0.3 is 0 Å². The Morgan fingerprint density at radius 3 is 2.55 bits per heavy atom. The Morgan fingerprint density at radius 1 is 1.17 bits per heavy atom. The van der Waals surface area contributed by atoms with E-state index in [1.807, 2.05) is 42.5 Å². The highest BCUT2D eigenvalue weighted by molar-refractivity contribution is 6.09. The fourth-order valence-electron chi connectivity index (χ4n) is 5.08. The Bertz CT molecular complexity index is 929. The number of nitriles is 1. The van der Waals surface area contributed by atoms with Gasteiger partial charge in [0.15, 0.2) is 0 Å². The smallest absolute Gasteiger partial charge is 0.238 e. The van der Waals surface area contributed by atoms with Crippen LogP contribution in [0.5, 0.6) is 0 Å². The fourth-order valence-corrected chi connectivity index (χ4v) is 5.08. The number of amides is 1. The number of carbonyl (C=O) groups is 1. The average molecular weight is 389 g/mol. The van der Waals surface area contributed by atoms with E-state index in [4.69, 9.17) is 0 Å². The molecule has 0 aromatic heterocycles. The molecule has 150 valence electrons. The molecule has 5 nitrogen and oxygen atoms in total. The number of nitrogens with zero attached hydrogens (tertiary/aromatic N) is 2. The van der Waals surface area contributed by atoms with Crippen molar-refractivity contribution >= 4 is 11.6 Å². The van der Waals surface area contributed by atoms with Gasteiger partial charge in [0, 0.05) is 12.2 Å². The topological polar surface area (TPSA) is 76.4 Å². The highest BCUT2D eigenvalue weighted by atomic mass is 16.3. The number of benzene rings is 2. The summed E-state index contributed by atoms with van der Waals surface area (Å²) in [5.41, 5.74) is 2.70. The van der Waals surface area contributed by atoms with Crippen LogP contribution in [0, 0.1) is 11.3 Å². The lowest BCUT2D eigenvalue weighted by molar-refractivity contribution is -0.125. The molecular formula is C24H27N3O2. The number of carbonyl (C=O) groups excluding carboxylic acids is 1. The monoisotopic (exact) mass is 389 g/mol. The van der Waals surface area contributed by atoms with Crippen molar-refractivity contribution < 1.29 is 9.90 Å². The van der Waals surface area contributed by atoms with Crippen molar-refractivity contribution in [1.82, 2.24) is 5.32 Å². The first-order chi connectivity index (χ1) is 14.1. The Morgan fingerprint density at radius 2 is 1.90 bits per heavy atom. The predicted octanol–water partition coefficient (Wildman–Crippen LogP) is 3.43. The van der Waals surface area contributed by atoms with Gasteiger partial charge in [-0.3, -0.25) is 4.79 Å². The molecule has 5 heteroatoms. The molecule has 0 unspecified atom stereocenters. The number of anilines is 1. The molecule has 29 heavy (non-hydrogen) atoms. The van der Waals surface area contributed by atoms with Crippen LogP contribution < -0.4 is 10.2 Å². The molecule has 1 saturated carbocycles. The summed E-state index contributed by atoms with van der Waals surface area (Å²) < 4.78 is 0. The van der Waals surface area contributed by atoms with Crippen LogP contribution in [-0.2, 0) is 10.2 Å². The molecule has 2 atom stereocenters. The molecule has 1 aliphatic heterocycles. The first-order valence-corrected chi connectivity index (χ1v) is 10.4. The van der Waals surface area contributed by atoms with Gasteiger partial charge in [-0.15, -0.1) is 0 Å². The van der Waals surface area contributed by atoms with Crippen LogP contribution in [0.2, 0.25) is 0 Å². The summed E-state index contributed by atoms with van der Waals surface area (Å²) in [5.74, 6) is 0.0614. The van der Waals surface area contributed by atoms with E-state index in [2.05, 4.69) is 11.4 Å². The largest absolute Gasteiger partial charge is 0.389 e. The molecule has 1 heterocycles. The number of hydrogen-bond donors (Lipinski definition) is 2. The van der Waals surface area contributed by atoms with E-state index in [0.717, 1.165) is 48.9 Å². The number of fused-ring (bicyclic) bond motifs is 2. The zero-order chi connectivity index (χ0) is 20.4. The molecule has 1 spiro atoms. The quantitative estimate of drug-likeness (QED) is 0.821. The normalized spacial score (nSPS) is 19.6. The summed E-state index contributed by atoms with van der Waals surface area (Å²) in [6, 6.07) is 17.0. The van der Waals surface area contributed by atoms with Crippen LogP contribution in [0.3, 0.4) is 0 Å². The van der Waals surface area contributed by atoms with E-state index >= 15 is 0 Å². The second-order valence-corrected chi connectivity index (χ2v) is 8.14. The number of nitrogens with one attached hydrogen (secondary N) is 1. The van der Waals surface area contributed by atoms with E-state index in [0.29, 0.717) is 12.1 Å². The van der Waals surface area contributed by atoms with Gasteiger partial charge in [0.05, 0.1) is 29.2 Å². The molecule has 1 fully saturated rings. The van der Waals surface area contributed by atoms with E-state index < -0.39 is 17.6 Å². The number of aliphatic hydroxyl groups excluding tert-OH is 1. The van der Waals surface area contributed by atoms with Crippen LogP contribution in [0.15, 0.2) is 48.5 Å². The van der Waals surface area contributed by atoms with Crippen molar-refractivity contribution in [3.8, 4) is 6.07 Å². The molecule has 2 aromatic carbocycles. The third-order valence-electron chi connectivity index (χ3n) is 6.43. The lowest BCUT2D eigenvalue weighted by Gasteiger charge is -2.36. The van der Waals surface area contributed by atoms with Gasteiger partial charge in [-0.05, 0) is 49.2 Å². The minimum atomic E-state index is -0.756. The van der Waals surface area contributed by atoms with Gasteiger partial charge in [0.2, 0.25) is 5.91 Å². The van der Waals surface area contributed by atoms with E-state index in [1.165, 1.54) is 0 Å². The minimum Gasteiger partial charge on any atom is -0.389 e. The van der Waals surface area contributed by atoms with Gasteiger partial charge in [-0.1, -0.05) is 49.6 Å². The molecule has 4 rings (SSSR count). The third-order valence-corrected chi connectivity index (χ3v) is 6.43. The second kappa shape index (κ2) is 7.98. The maximum atomic E-state index is 14.0. The first-order valence-electron chi connectivity index (χ1n) is 10.4. The van der Waals surface area contributed by atoms with Crippen molar-refractivity contribution in [3.63, 3.8) is 0 Å². The number of hydrogen-bond acceptors (Lipinski definition) is 4. The lowest BCUT2D eigenvalue weighted by Crippen LogP contribution is -2.47. The second-order valence-electron chi connectivity index (χ2n) is 8.14. The van der Waals surface area contributed by atoms with Crippen LogP contribution in [0.25, 0.3) is 0 Å². The van der Waals surface area contributed by atoms with Crippen molar-refractivity contribution in [2.75, 3.05) is 18.5 Å². The molecule has 0 radical (unpaired) electrons. The SMILES string of the molecule is CNC[C@H](O)[C@H](c1ccccc1)N1C(=O)C2(CCCCC2)c2cc(C#N)ccc21. The van der Waals surface area contributed by atoms with Gasteiger partial charge in [-0.25, -0.2) is 0 Å². The predicted molar refractivity (Wildman–Crippen MR) is 113 cm³/mol. The summed E-state index contributed by atoms with van der Waals surface area (Å²) in [5, 5.41) is 23.5. The maximum Gasteiger partial charge on any atom is 0.238 e. The fraction of sp³-hybridized carbons (Fsp3) is 0.417. The first kappa shape index (κ1) is 19.6. The lowest BCUT2D eigenvalue weighted by atomic mass is 9.70. The summed E-state index contributed by atoms with van der Waals surface area (Å²) in [4.78, 5) is 15.8. The Kier molecular flexibility index (Phi) is 5.40. The van der Waals surface area contributed by atoms with Crippen molar-refractivity contribution in [3.05, 3.63) is 65.2 Å². The Balaban J connectivity index is 1.88. The number of likely N-dealkylation sites (N-methyl/N-ethyl adjacent to an activating group) is 1. The highest BCUT2D eigenvalue weighted by Gasteiger charge is 2.53. The Hall–Kier alpha value is -2.68. The standard InChI is InChI=1S/C24H27N3O2/c1-26-16-21(28)22(18-8-4-2-5-9-18)27-20-11-10-17(15-25)14-19(20)24(23(27)29)12-6-3-7-13-24/h2,4-5,8-11,14,21-22,26,28H,3,6-7,12-13,16H2,1H3/t21-,22-/m0/s1. The molecule has 2 aliphatic rings. The van der Waals surface area contributed by atoms with Gasteiger partial charge < -0.3 is 15.3 Å². The molecule has 1 aliphatic carbocycles. The molecule has 0 saturated heterocycles. The summed E-state index contributed by atoms with van der Waals surface area (Å²) in [6.45, 7) is 0.377. The number of aliphatic hydroxyl groups is 1. The van der Waals surface area contributed by atoms with Crippen molar-refractivity contribution in [1.29, 1.82) is 5.26 Å². The minimum absolute atomic E-state index is 0.0614. The summed E-state index contributed by atoms with van der Waals surface area (Å²) in [7, 11) is 1.80. The zero-order valence-electron chi connectivity index (χ0n) is 16.8. The maximum absolute atomic E-state index is 14.0. The Labute approximate surface area is 172 Å². The molecule has 2 aromatic rings. The molecule has 2 N–H and O–H groups in total. The van der Waals surface area contributed by atoms with Gasteiger partial charge in [0.25, 0.3) is 0 Å². The molecule has 0 bridgehead atoms. The van der Waals surface area contributed by atoms with E-state index in [9.17, 15) is 15.2 Å². The van der Waals surface area contributed by atoms with Crippen LogP contribution in [-0.4, -0.2) is 30.7 Å². The van der Waals surface area contributed by atoms with E-state index in [-0.39, 0.29) is 5.91 Å².